The molecule has 2 rings (SSSR count). The summed E-state index contributed by atoms with van der Waals surface area (Å²) >= 11 is 0. The van der Waals surface area contributed by atoms with Gasteiger partial charge in [0.2, 0.25) is 11.7 Å². The SMILES string of the molecule is COc1cc(Nc2nc(N)ncc2F)cc(OC)c1OC. The van der Waals surface area contributed by atoms with E-state index < -0.39 is 5.82 Å². The van der Waals surface area contributed by atoms with Crippen molar-refractivity contribution in [3.05, 3.63) is 24.1 Å². The number of anilines is 3. The fourth-order valence-corrected chi connectivity index (χ4v) is 1.76. The van der Waals surface area contributed by atoms with Crippen molar-refractivity contribution in [3.63, 3.8) is 0 Å². The van der Waals surface area contributed by atoms with Gasteiger partial charge in [-0.05, 0) is 0 Å². The average molecular weight is 294 g/mol. The first-order valence-electron chi connectivity index (χ1n) is 5.94. The molecular weight excluding hydrogens is 279 g/mol. The number of nitrogens with zero attached hydrogens (tertiary/aromatic N) is 2. The lowest BCUT2D eigenvalue weighted by atomic mass is 10.2. The highest BCUT2D eigenvalue weighted by Gasteiger charge is 2.14. The Morgan fingerprint density at radius 2 is 1.71 bits per heavy atom. The number of aromatic nitrogens is 2. The molecule has 7 nitrogen and oxygen atoms in total. The van der Waals surface area contributed by atoms with E-state index in [1.807, 2.05) is 0 Å². The van der Waals surface area contributed by atoms with Crippen LogP contribution in [-0.2, 0) is 0 Å². The van der Waals surface area contributed by atoms with Crippen molar-refractivity contribution in [2.45, 2.75) is 0 Å². The van der Waals surface area contributed by atoms with Crippen LogP contribution in [0.2, 0.25) is 0 Å². The molecule has 0 saturated heterocycles. The Morgan fingerprint density at radius 1 is 1.10 bits per heavy atom. The van der Waals surface area contributed by atoms with E-state index in [-0.39, 0.29) is 11.8 Å². The van der Waals surface area contributed by atoms with E-state index >= 15 is 0 Å². The Labute approximate surface area is 120 Å². The van der Waals surface area contributed by atoms with Crippen LogP contribution in [0.3, 0.4) is 0 Å². The molecule has 8 heteroatoms. The highest BCUT2D eigenvalue weighted by atomic mass is 19.1. The second-order valence-corrected chi connectivity index (χ2v) is 3.96. The van der Waals surface area contributed by atoms with Gasteiger partial charge in [-0.25, -0.2) is 9.37 Å². The van der Waals surface area contributed by atoms with E-state index in [4.69, 9.17) is 19.9 Å². The van der Waals surface area contributed by atoms with Crippen LogP contribution >= 0.6 is 0 Å². The predicted molar refractivity (Wildman–Crippen MR) is 75.8 cm³/mol. The average Bonchev–Trinajstić information content (AvgIpc) is 2.49. The van der Waals surface area contributed by atoms with E-state index in [0.717, 1.165) is 6.20 Å². The molecule has 112 valence electrons. The van der Waals surface area contributed by atoms with E-state index in [1.54, 1.807) is 12.1 Å². The number of nitrogens with two attached hydrogens (primary N) is 1. The molecule has 0 fully saturated rings. The minimum absolute atomic E-state index is 0.0358. The molecule has 0 bridgehead atoms. The highest BCUT2D eigenvalue weighted by molar-refractivity contribution is 5.67. The number of methoxy groups -OCH3 is 3. The number of halogens is 1. The summed E-state index contributed by atoms with van der Waals surface area (Å²) in [5.74, 6) is 0.595. The topological polar surface area (TPSA) is 91.5 Å². The van der Waals surface area contributed by atoms with Crippen LogP contribution in [0.15, 0.2) is 18.3 Å². The third-order valence-corrected chi connectivity index (χ3v) is 2.69. The van der Waals surface area contributed by atoms with Crippen molar-refractivity contribution in [2.24, 2.45) is 0 Å². The summed E-state index contributed by atoms with van der Waals surface area (Å²) in [5.41, 5.74) is 5.94. The Bertz CT molecular complexity index is 626. The fourth-order valence-electron chi connectivity index (χ4n) is 1.76. The molecule has 21 heavy (non-hydrogen) atoms. The first-order valence-corrected chi connectivity index (χ1v) is 5.94. The maximum absolute atomic E-state index is 13.6. The summed E-state index contributed by atoms with van der Waals surface area (Å²) in [7, 11) is 4.48. The van der Waals surface area contributed by atoms with E-state index in [1.165, 1.54) is 21.3 Å². The van der Waals surface area contributed by atoms with Crippen molar-refractivity contribution in [1.29, 1.82) is 0 Å². The number of benzene rings is 1. The normalized spacial score (nSPS) is 10.1. The second kappa shape index (κ2) is 6.12. The van der Waals surface area contributed by atoms with Crippen LogP contribution in [0.1, 0.15) is 0 Å². The maximum Gasteiger partial charge on any atom is 0.222 e. The molecule has 0 spiro atoms. The maximum atomic E-state index is 13.6. The smallest absolute Gasteiger partial charge is 0.222 e. The second-order valence-electron chi connectivity index (χ2n) is 3.96. The van der Waals surface area contributed by atoms with E-state index in [9.17, 15) is 4.39 Å². The minimum atomic E-state index is -0.627. The summed E-state index contributed by atoms with van der Waals surface area (Å²) in [6.45, 7) is 0. The predicted octanol–water partition coefficient (Wildman–Crippen LogP) is 1.97. The van der Waals surface area contributed by atoms with Crippen molar-refractivity contribution >= 4 is 17.5 Å². The van der Waals surface area contributed by atoms with Gasteiger partial charge in [-0.2, -0.15) is 4.98 Å². The largest absolute Gasteiger partial charge is 0.493 e. The Hall–Kier alpha value is -2.77. The van der Waals surface area contributed by atoms with Gasteiger partial charge in [0.05, 0.1) is 27.5 Å². The van der Waals surface area contributed by atoms with Crippen molar-refractivity contribution < 1.29 is 18.6 Å². The van der Waals surface area contributed by atoms with E-state index in [2.05, 4.69) is 15.3 Å². The van der Waals surface area contributed by atoms with Crippen LogP contribution in [0.5, 0.6) is 17.2 Å². The van der Waals surface area contributed by atoms with Crippen LogP contribution < -0.4 is 25.3 Å². The number of hydrogen-bond acceptors (Lipinski definition) is 7. The van der Waals surface area contributed by atoms with Crippen molar-refractivity contribution in [2.75, 3.05) is 32.4 Å². The number of nitrogens with one attached hydrogen (secondary N) is 1. The third-order valence-electron chi connectivity index (χ3n) is 2.69. The Morgan fingerprint density at radius 3 is 2.24 bits per heavy atom. The van der Waals surface area contributed by atoms with Crippen LogP contribution in [-0.4, -0.2) is 31.3 Å². The van der Waals surface area contributed by atoms with Gasteiger partial charge in [0.25, 0.3) is 0 Å². The number of nitrogen functional groups attached to an aromatic ring is 1. The molecule has 0 radical (unpaired) electrons. The molecule has 0 unspecified atom stereocenters. The van der Waals surface area contributed by atoms with Crippen molar-refractivity contribution in [3.8, 4) is 17.2 Å². The van der Waals surface area contributed by atoms with Gasteiger partial charge in [0, 0.05) is 17.8 Å². The molecule has 0 aliphatic carbocycles. The van der Waals surface area contributed by atoms with Gasteiger partial charge in [0.15, 0.2) is 23.1 Å². The molecule has 0 aliphatic heterocycles. The molecular formula is C13H15FN4O3. The van der Waals surface area contributed by atoms with Crippen LogP contribution in [0, 0.1) is 5.82 Å². The summed E-state index contributed by atoms with van der Waals surface area (Å²) < 4.78 is 29.3. The molecule has 1 heterocycles. The van der Waals surface area contributed by atoms with E-state index in [0.29, 0.717) is 22.9 Å². The number of rotatable bonds is 5. The lowest BCUT2D eigenvalue weighted by Crippen LogP contribution is -2.03. The van der Waals surface area contributed by atoms with Crippen LogP contribution in [0.4, 0.5) is 21.8 Å². The molecule has 1 aromatic carbocycles. The first kappa shape index (κ1) is 14.6. The lowest BCUT2D eigenvalue weighted by molar-refractivity contribution is 0.324. The third kappa shape index (κ3) is 3.04. The summed E-state index contributed by atoms with van der Waals surface area (Å²) in [5, 5.41) is 2.79. The number of hydrogen-bond donors (Lipinski definition) is 2. The molecule has 1 aromatic heterocycles. The summed E-state index contributed by atoms with van der Waals surface area (Å²) in [4.78, 5) is 7.35. The highest BCUT2D eigenvalue weighted by Crippen LogP contribution is 2.40. The molecule has 0 aliphatic rings. The first-order chi connectivity index (χ1) is 10.1. The quantitative estimate of drug-likeness (QED) is 0.871. The van der Waals surface area contributed by atoms with Gasteiger partial charge in [0.1, 0.15) is 0 Å². The fraction of sp³-hybridized carbons (Fsp3) is 0.231. The molecule has 2 aromatic rings. The summed E-state index contributed by atoms with van der Waals surface area (Å²) in [6.07, 6.45) is 0.989. The molecule has 0 saturated carbocycles. The zero-order chi connectivity index (χ0) is 15.4. The van der Waals surface area contributed by atoms with Gasteiger partial charge < -0.3 is 25.3 Å². The Kier molecular flexibility index (Phi) is 4.27. The lowest BCUT2D eigenvalue weighted by Gasteiger charge is -2.15. The van der Waals surface area contributed by atoms with Gasteiger partial charge in [-0.1, -0.05) is 0 Å². The van der Waals surface area contributed by atoms with Crippen LogP contribution in [0.25, 0.3) is 0 Å². The summed E-state index contributed by atoms with van der Waals surface area (Å²) in [6, 6.07) is 3.25. The van der Waals surface area contributed by atoms with Gasteiger partial charge in [-0.3, -0.25) is 0 Å². The zero-order valence-electron chi connectivity index (χ0n) is 11.8. The standard InChI is InChI=1S/C13H15FN4O3/c1-19-9-4-7(5-10(20-2)11(9)21-3)17-12-8(14)6-16-13(15)18-12/h4-6H,1-3H3,(H3,15,16,17,18). The molecule has 0 atom stereocenters. The molecule has 3 N–H and O–H groups in total. The minimum Gasteiger partial charge on any atom is -0.493 e. The number of ether oxygens (including phenoxy) is 3. The monoisotopic (exact) mass is 294 g/mol. The zero-order valence-corrected chi connectivity index (χ0v) is 11.8. The van der Waals surface area contributed by atoms with Gasteiger partial charge >= 0.3 is 0 Å². The van der Waals surface area contributed by atoms with Crippen molar-refractivity contribution in [1.82, 2.24) is 9.97 Å². The Balaban J connectivity index is 2.42. The van der Waals surface area contributed by atoms with Gasteiger partial charge in [-0.15, -0.1) is 0 Å². The molecule has 0 amide bonds.